The highest BCUT2D eigenvalue weighted by Crippen LogP contribution is 2.41. The van der Waals surface area contributed by atoms with Gasteiger partial charge in [-0.2, -0.15) is 0 Å². The van der Waals surface area contributed by atoms with Crippen LogP contribution in [0.3, 0.4) is 0 Å². The topological polar surface area (TPSA) is 78.2 Å². The number of aromatic nitrogens is 2. The smallest absolute Gasteiger partial charge is 0.272 e. The summed E-state index contributed by atoms with van der Waals surface area (Å²) >= 11 is 20.8. The van der Waals surface area contributed by atoms with Gasteiger partial charge < -0.3 is 4.74 Å². The molecular weight excluding hydrogens is 396 g/mol. The van der Waals surface area contributed by atoms with Crippen molar-refractivity contribution >= 4 is 56.4 Å². The largest absolute Gasteiger partial charge is 0.435 e. The average molecular weight is 399 g/mol. The first-order chi connectivity index (χ1) is 9.40. The number of nitro groups is 1. The van der Waals surface area contributed by atoms with Crippen LogP contribution in [-0.2, 0) is 0 Å². The summed E-state index contributed by atoms with van der Waals surface area (Å²) in [6, 6.07) is 2.25. The molecule has 0 atom stereocenters. The minimum Gasteiger partial charge on any atom is -0.435 e. The second-order valence-electron chi connectivity index (χ2n) is 3.38. The van der Waals surface area contributed by atoms with E-state index in [-0.39, 0.29) is 32.5 Å². The number of halogens is 4. The van der Waals surface area contributed by atoms with Crippen LogP contribution in [0.15, 0.2) is 22.9 Å². The maximum Gasteiger partial charge on any atom is 0.272 e. The molecule has 2 aromatic rings. The maximum absolute atomic E-state index is 10.7. The van der Waals surface area contributed by atoms with E-state index in [1.807, 2.05) is 0 Å². The van der Waals surface area contributed by atoms with Gasteiger partial charge >= 0.3 is 0 Å². The molecule has 0 amide bonds. The van der Waals surface area contributed by atoms with E-state index < -0.39 is 4.92 Å². The molecule has 1 aromatic heterocycles. The second kappa shape index (κ2) is 6.09. The summed E-state index contributed by atoms with van der Waals surface area (Å²) < 4.78 is 5.73. The molecule has 2 rings (SSSR count). The van der Waals surface area contributed by atoms with Crippen LogP contribution < -0.4 is 4.74 Å². The minimum atomic E-state index is -0.612. The lowest BCUT2D eigenvalue weighted by atomic mass is 10.3. The van der Waals surface area contributed by atoms with E-state index >= 15 is 0 Å². The van der Waals surface area contributed by atoms with Crippen LogP contribution in [0.25, 0.3) is 0 Å². The number of nitrogens with zero attached hydrogens (tertiary/aromatic N) is 3. The fraction of sp³-hybridized carbons (Fsp3) is 0. The Morgan fingerprint density at radius 1 is 1.20 bits per heavy atom. The van der Waals surface area contributed by atoms with E-state index in [1.165, 1.54) is 6.33 Å². The zero-order valence-corrected chi connectivity index (χ0v) is 13.2. The Morgan fingerprint density at radius 2 is 1.80 bits per heavy atom. The van der Waals surface area contributed by atoms with Gasteiger partial charge in [-0.3, -0.25) is 10.1 Å². The highest BCUT2D eigenvalue weighted by atomic mass is 79.9. The number of ether oxygens (including phenoxy) is 1. The van der Waals surface area contributed by atoms with Crippen LogP contribution in [-0.4, -0.2) is 14.9 Å². The fourth-order valence-electron chi connectivity index (χ4n) is 1.25. The zero-order chi connectivity index (χ0) is 14.9. The highest BCUT2D eigenvalue weighted by Gasteiger charge is 2.18. The molecule has 0 unspecified atom stereocenters. The third kappa shape index (κ3) is 3.12. The molecule has 0 bridgehead atoms. The van der Waals surface area contributed by atoms with Crippen molar-refractivity contribution in [3.63, 3.8) is 0 Å². The number of benzene rings is 1. The maximum atomic E-state index is 10.7. The quantitative estimate of drug-likeness (QED) is 0.417. The predicted octanol–water partition coefficient (Wildman–Crippen LogP) is 4.90. The molecule has 20 heavy (non-hydrogen) atoms. The Hall–Kier alpha value is -1.15. The molecule has 6 nitrogen and oxygen atoms in total. The van der Waals surface area contributed by atoms with Gasteiger partial charge in [-0.1, -0.05) is 34.8 Å². The highest BCUT2D eigenvalue weighted by molar-refractivity contribution is 9.10. The van der Waals surface area contributed by atoms with Crippen LogP contribution in [0, 0.1) is 10.1 Å². The van der Waals surface area contributed by atoms with Crippen molar-refractivity contribution in [1.82, 2.24) is 9.97 Å². The monoisotopic (exact) mass is 397 g/mol. The van der Waals surface area contributed by atoms with Crippen molar-refractivity contribution in [3.05, 3.63) is 48.2 Å². The Labute approximate surface area is 135 Å². The van der Waals surface area contributed by atoms with Gasteiger partial charge in [-0.05, 0) is 15.9 Å². The van der Waals surface area contributed by atoms with E-state index in [0.717, 1.165) is 12.1 Å². The van der Waals surface area contributed by atoms with Gasteiger partial charge in [-0.15, -0.1) is 0 Å². The van der Waals surface area contributed by atoms with Crippen molar-refractivity contribution in [1.29, 1.82) is 0 Å². The van der Waals surface area contributed by atoms with E-state index in [1.54, 1.807) is 0 Å². The molecule has 1 heterocycles. The molecule has 0 saturated heterocycles. The normalized spacial score (nSPS) is 10.4. The molecule has 10 heteroatoms. The molecule has 0 spiro atoms. The first-order valence-corrected chi connectivity index (χ1v) is 6.80. The van der Waals surface area contributed by atoms with E-state index in [2.05, 4.69) is 25.9 Å². The van der Waals surface area contributed by atoms with E-state index in [4.69, 9.17) is 39.5 Å². The summed E-state index contributed by atoms with van der Waals surface area (Å²) in [5, 5.41) is 10.8. The van der Waals surface area contributed by atoms with Gasteiger partial charge in [0, 0.05) is 12.1 Å². The number of nitro benzene ring substituents is 1. The summed E-state index contributed by atoms with van der Waals surface area (Å²) in [7, 11) is 0. The standard InChI is InChI=1S/C10H3BrCl3N3O3/c11-7-9(14)15-3-16-10(7)20-8-5(12)1-4(17(18)19)2-6(8)13/h1-3H. The molecule has 0 aliphatic carbocycles. The van der Waals surface area contributed by atoms with Gasteiger partial charge in [0.05, 0.1) is 15.0 Å². The molecule has 0 saturated carbocycles. The van der Waals surface area contributed by atoms with Crippen LogP contribution in [0.5, 0.6) is 11.6 Å². The van der Waals surface area contributed by atoms with Crippen molar-refractivity contribution in [3.8, 4) is 11.6 Å². The molecule has 0 aliphatic heterocycles. The third-order valence-corrected chi connectivity index (χ3v) is 3.90. The first-order valence-electron chi connectivity index (χ1n) is 4.87. The SMILES string of the molecule is O=[N+]([O-])c1cc(Cl)c(Oc2ncnc(Cl)c2Br)c(Cl)c1. The van der Waals surface area contributed by atoms with E-state index in [0.29, 0.717) is 4.47 Å². The van der Waals surface area contributed by atoms with Gasteiger partial charge in [0.2, 0.25) is 5.88 Å². The van der Waals surface area contributed by atoms with Crippen LogP contribution >= 0.6 is 50.7 Å². The van der Waals surface area contributed by atoms with Crippen molar-refractivity contribution < 1.29 is 9.66 Å². The summed E-state index contributed by atoms with van der Waals surface area (Å²) in [4.78, 5) is 17.7. The predicted molar refractivity (Wildman–Crippen MR) is 77.9 cm³/mol. The van der Waals surface area contributed by atoms with Crippen LogP contribution in [0.1, 0.15) is 0 Å². The molecular formula is C10H3BrCl3N3O3. The van der Waals surface area contributed by atoms with Crippen LogP contribution in [0.4, 0.5) is 5.69 Å². The lowest BCUT2D eigenvalue weighted by Crippen LogP contribution is -1.94. The molecule has 0 N–H and O–H groups in total. The lowest BCUT2D eigenvalue weighted by Gasteiger charge is -2.09. The molecule has 1 aromatic carbocycles. The number of hydrogen-bond acceptors (Lipinski definition) is 5. The average Bonchev–Trinajstić information content (AvgIpc) is 2.38. The van der Waals surface area contributed by atoms with Crippen molar-refractivity contribution in [2.75, 3.05) is 0 Å². The van der Waals surface area contributed by atoms with Gasteiger partial charge in [0.15, 0.2) is 10.9 Å². The van der Waals surface area contributed by atoms with Gasteiger partial charge in [0.1, 0.15) is 10.8 Å². The molecule has 0 radical (unpaired) electrons. The number of rotatable bonds is 3. The Balaban J connectivity index is 2.44. The fourth-order valence-corrected chi connectivity index (χ4v) is 2.21. The summed E-state index contributed by atoms with van der Waals surface area (Å²) in [5.41, 5.74) is -0.243. The molecule has 0 fully saturated rings. The number of non-ortho nitro benzene ring substituents is 1. The van der Waals surface area contributed by atoms with Gasteiger partial charge in [0.25, 0.3) is 5.69 Å². The molecule has 0 aliphatic rings. The second-order valence-corrected chi connectivity index (χ2v) is 5.35. The minimum absolute atomic E-state index is 0.0224. The van der Waals surface area contributed by atoms with Crippen molar-refractivity contribution in [2.45, 2.75) is 0 Å². The summed E-state index contributed by atoms with van der Waals surface area (Å²) in [5.74, 6) is 0.122. The van der Waals surface area contributed by atoms with Crippen molar-refractivity contribution in [2.24, 2.45) is 0 Å². The Bertz CT molecular complexity index is 676. The zero-order valence-electron chi connectivity index (χ0n) is 9.31. The summed E-state index contributed by atoms with van der Waals surface area (Å²) in [6.07, 6.45) is 1.19. The third-order valence-electron chi connectivity index (χ3n) is 2.11. The Kier molecular flexibility index (Phi) is 4.64. The summed E-state index contributed by atoms with van der Waals surface area (Å²) in [6.45, 7) is 0. The molecule has 104 valence electrons. The van der Waals surface area contributed by atoms with Crippen LogP contribution in [0.2, 0.25) is 15.2 Å². The van der Waals surface area contributed by atoms with Gasteiger partial charge in [-0.25, -0.2) is 9.97 Å². The lowest BCUT2D eigenvalue weighted by molar-refractivity contribution is -0.384. The Morgan fingerprint density at radius 3 is 2.35 bits per heavy atom. The van der Waals surface area contributed by atoms with E-state index in [9.17, 15) is 10.1 Å². The number of hydrogen-bond donors (Lipinski definition) is 0. The first kappa shape index (κ1) is 15.2.